The predicted octanol–water partition coefficient (Wildman–Crippen LogP) is 5.30. The second kappa shape index (κ2) is 11.5. The van der Waals surface area contributed by atoms with E-state index in [0.29, 0.717) is 57.3 Å². The highest BCUT2D eigenvalue weighted by molar-refractivity contribution is 7.88. The number of anilines is 1. The summed E-state index contributed by atoms with van der Waals surface area (Å²) in [6.07, 6.45) is 6.46. The number of amides is 1. The Bertz CT molecular complexity index is 2160. The van der Waals surface area contributed by atoms with Crippen molar-refractivity contribution < 1.29 is 22.0 Å². The number of aromatic nitrogens is 6. The number of para-hydroxylation sites is 1. The van der Waals surface area contributed by atoms with Crippen molar-refractivity contribution in [2.75, 3.05) is 11.6 Å². The number of hydrogen-bond acceptors (Lipinski definition) is 7. The molecule has 0 saturated carbocycles. The number of sulfonamides is 1. The Balaban J connectivity index is 1.40. The fourth-order valence-electron chi connectivity index (χ4n) is 4.94. The first-order valence-corrected chi connectivity index (χ1v) is 15.5. The van der Waals surface area contributed by atoms with Crippen LogP contribution in [0.1, 0.15) is 25.3 Å². The molecule has 0 atom stereocenters. The van der Waals surface area contributed by atoms with E-state index in [9.17, 15) is 17.6 Å². The molecule has 4 N–H and O–H groups in total. The summed E-state index contributed by atoms with van der Waals surface area (Å²) in [6.45, 7) is 1.82. The largest absolute Gasteiger partial charge is 0.337 e. The van der Waals surface area contributed by atoms with Crippen molar-refractivity contribution in [2.45, 2.75) is 26.3 Å². The van der Waals surface area contributed by atoms with Gasteiger partial charge in [0.05, 0.1) is 46.3 Å². The second-order valence-corrected chi connectivity index (χ2v) is 12.1. The Morgan fingerprint density at radius 2 is 1.84 bits per heavy atom. The SMILES string of the molecule is CCCC(=O)Nc1cncc(-c2ncc3[nH]nc(-c4nc5c(-c6cc(F)cc(CNS(C)(=O)=O)c6)cccc5[nH]4)c3c2F)c1. The number of halogens is 2. The van der Waals surface area contributed by atoms with Gasteiger partial charge in [-0.1, -0.05) is 19.1 Å². The minimum Gasteiger partial charge on any atom is -0.337 e. The van der Waals surface area contributed by atoms with E-state index in [2.05, 4.69) is 35.2 Å². The molecule has 6 rings (SSSR count). The fourth-order valence-corrected chi connectivity index (χ4v) is 5.36. The molecule has 0 spiro atoms. The number of nitrogens with zero attached hydrogens (tertiary/aromatic N) is 4. The average Bonchev–Trinajstić information content (AvgIpc) is 3.61. The molecule has 224 valence electrons. The molecule has 0 unspecified atom stereocenters. The van der Waals surface area contributed by atoms with Crippen LogP contribution in [-0.2, 0) is 21.4 Å². The summed E-state index contributed by atoms with van der Waals surface area (Å²) in [6, 6.07) is 11.2. The van der Waals surface area contributed by atoms with E-state index >= 15 is 4.39 Å². The molecule has 4 heterocycles. The summed E-state index contributed by atoms with van der Waals surface area (Å²) in [5.74, 6) is -1.09. The van der Waals surface area contributed by atoms with Crippen LogP contribution in [0.2, 0.25) is 0 Å². The molecular formula is C30H26F2N8O3S. The van der Waals surface area contributed by atoms with Gasteiger partial charge in [-0.25, -0.2) is 26.9 Å². The van der Waals surface area contributed by atoms with Crippen LogP contribution in [0.3, 0.4) is 0 Å². The summed E-state index contributed by atoms with van der Waals surface area (Å²) >= 11 is 0. The normalized spacial score (nSPS) is 11.8. The molecule has 0 aliphatic rings. The molecule has 11 nitrogen and oxygen atoms in total. The molecule has 0 aliphatic carbocycles. The number of imidazole rings is 1. The van der Waals surface area contributed by atoms with Gasteiger partial charge in [0, 0.05) is 30.3 Å². The molecule has 14 heteroatoms. The van der Waals surface area contributed by atoms with Crippen LogP contribution in [0.5, 0.6) is 0 Å². The minimum absolute atomic E-state index is 0.0195. The van der Waals surface area contributed by atoms with Crippen molar-refractivity contribution in [3.63, 3.8) is 0 Å². The van der Waals surface area contributed by atoms with Crippen LogP contribution in [0.4, 0.5) is 14.5 Å². The number of benzene rings is 2. The van der Waals surface area contributed by atoms with Gasteiger partial charge >= 0.3 is 0 Å². The number of nitrogens with one attached hydrogen (secondary N) is 4. The zero-order valence-electron chi connectivity index (χ0n) is 23.6. The molecule has 44 heavy (non-hydrogen) atoms. The third-order valence-electron chi connectivity index (χ3n) is 6.86. The van der Waals surface area contributed by atoms with Crippen LogP contribution < -0.4 is 10.0 Å². The number of hydrogen-bond donors (Lipinski definition) is 4. The van der Waals surface area contributed by atoms with Crippen LogP contribution in [0.15, 0.2) is 61.1 Å². The third kappa shape index (κ3) is 5.89. The Kier molecular flexibility index (Phi) is 7.61. The molecule has 0 radical (unpaired) electrons. The summed E-state index contributed by atoms with van der Waals surface area (Å²) in [4.78, 5) is 28.4. The van der Waals surface area contributed by atoms with Gasteiger partial charge in [0.25, 0.3) is 0 Å². The van der Waals surface area contributed by atoms with E-state index in [1.54, 1.807) is 30.3 Å². The molecule has 0 saturated heterocycles. The van der Waals surface area contributed by atoms with Crippen molar-refractivity contribution in [3.05, 3.63) is 78.3 Å². The maximum Gasteiger partial charge on any atom is 0.224 e. The summed E-state index contributed by atoms with van der Waals surface area (Å²) in [5, 5.41) is 10.0. The summed E-state index contributed by atoms with van der Waals surface area (Å²) in [7, 11) is -3.48. The molecular weight excluding hydrogens is 590 g/mol. The van der Waals surface area contributed by atoms with Crippen LogP contribution >= 0.6 is 0 Å². The molecule has 4 aromatic heterocycles. The van der Waals surface area contributed by atoms with Crippen LogP contribution in [-0.4, -0.2) is 50.7 Å². The van der Waals surface area contributed by atoms with Gasteiger partial charge in [-0.2, -0.15) is 5.10 Å². The van der Waals surface area contributed by atoms with E-state index < -0.39 is 21.7 Å². The van der Waals surface area contributed by atoms with Gasteiger partial charge in [0.1, 0.15) is 17.2 Å². The zero-order chi connectivity index (χ0) is 31.0. The first-order chi connectivity index (χ1) is 21.1. The molecule has 0 aliphatic heterocycles. The maximum atomic E-state index is 16.1. The number of H-pyrrole nitrogens is 2. The quantitative estimate of drug-likeness (QED) is 0.172. The molecule has 1 amide bonds. The third-order valence-corrected chi connectivity index (χ3v) is 7.53. The van der Waals surface area contributed by atoms with Gasteiger partial charge < -0.3 is 10.3 Å². The fraction of sp³-hybridized carbons (Fsp3) is 0.167. The van der Waals surface area contributed by atoms with Crippen molar-refractivity contribution >= 4 is 43.6 Å². The standard InChI is InChI=1S/C30H26F2N8O3S/c1-3-5-24(41)36-20-11-18(13-33-14-20)27-26(32)25-23(15-34-27)39-40-29(25)30-37-22-7-4-6-21(28(22)38-30)17-8-16(9-19(31)10-17)12-35-44(2,42)43/h4,6-11,13-15,35H,3,5,12H2,1-2H3,(H,36,41)(H,37,38)(H,39,40). The average molecular weight is 617 g/mol. The molecule has 0 fully saturated rings. The van der Waals surface area contributed by atoms with Crippen molar-refractivity contribution in [3.8, 4) is 33.9 Å². The van der Waals surface area contributed by atoms with E-state index in [4.69, 9.17) is 4.98 Å². The van der Waals surface area contributed by atoms with E-state index in [1.807, 2.05) is 6.92 Å². The lowest BCUT2D eigenvalue weighted by Crippen LogP contribution is -2.21. The number of aromatic amines is 2. The lowest BCUT2D eigenvalue weighted by Gasteiger charge is -2.08. The Morgan fingerprint density at radius 3 is 2.64 bits per heavy atom. The molecule has 2 aromatic carbocycles. The van der Waals surface area contributed by atoms with Crippen LogP contribution in [0.25, 0.3) is 55.8 Å². The number of carbonyl (C=O) groups is 1. The van der Waals surface area contributed by atoms with Gasteiger partial charge in [-0.15, -0.1) is 0 Å². The minimum atomic E-state index is -3.48. The Labute approximate surface area is 250 Å². The lowest BCUT2D eigenvalue weighted by atomic mass is 10.0. The highest BCUT2D eigenvalue weighted by Crippen LogP contribution is 2.35. The van der Waals surface area contributed by atoms with Crippen LogP contribution in [0, 0.1) is 11.6 Å². The molecule has 6 aromatic rings. The Hall–Kier alpha value is -5.08. The summed E-state index contributed by atoms with van der Waals surface area (Å²) < 4.78 is 56.2. The first-order valence-electron chi connectivity index (χ1n) is 13.6. The topological polar surface area (TPSA) is 158 Å². The van der Waals surface area contributed by atoms with Gasteiger partial charge in [0.2, 0.25) is 15.9 Å². The highest BCUT2D eigenvalue weighted by Gasteiger charge is 2.22. The summed E-state index contributed by atoms with van der Waals surface area (Å²) in [5.41, 5.74) is 3.95. The van der Waals surface area contributed by atoms with Gasteiger partial charge in [-0.3, -0.25) is 19.9 Å². The zero-order valence-corrected chi connectivity index (χ0v) is 24.4. The van der Waals surface area contributed by atoms with Crippen molar-refractivity contribution in [2.24, 2.45) is 0 Å². The Morgan fingerprint density at radius 1 is 1.00 bits per heavy atom. The monoisotopic (exact) mass is 616 g/mol. The maximum absolute atomic E-state index is 16.1. The molecule has 0 bridgehead atoms. The highest BCUT2D eigenvalue weighted by atomic mass is 32.2. The number of fused-ring (bicyclic) bond motifs is 2. The van der Waals surface area contributed by atoms with Crippen molar-refractivity contribution in [1.82, 2.24) is 34.9 Å². The van der Waals surface area contributed by atoms with Gasteiger partial charge in [0.15, 0.2) is 11.6 Å². The van der Waals surface area contributed by atoms with E-state index in [0.717, 1.165) is 6.26 Å². The smallest absolute Gasteiger partial charge is 0.224 e. The number of rotatable bonds is 9. The van der Waals surface area contributed by atoms with Crippen molar-refractivity contribution in [1.29, 1.82) is 0 Å². The lowest BCUT2D eigenvalue weighted by molar-refractivity contribution is -0.116. The first kappa shape index (κ1) is 29.0. The van der Waals surface area contributed by atoms with E-state index in [-0.39, 0.29) is 35.1 Å². The number of carbonyl (C=O) groups excluding carboxylic acids is 1. The van der Waals surface area contributed by atoms with Gasteiger partial charge in [-0.05, 0) is 47.9 Å². The van der Waals surface area contributed by atoms with E-state index in [1.165, 1.54) is 30.7 Å². The second-order valence-electron chi connectivity index (χ2n) is 10.3. The number of pyridine rings is 2. The predicted molar refractivity (Wildman–Crippen MR) is 163 cm³/mol.